The Morgan fingerprint density at radius 1 is 1.22 bits per heavy atom. The highest BCUT2D eigenvalue weighted by Gasteiger charge is 2.21. The van der Waals surface area contributed by atoms with Crippen molar-refractivity contribution in [3.8, 4) is 17.2 Å². The SMILES string of the molecule is CCN(Cc1ccc2c(c1)OCO2)C(=O)c1cc(Cl)ccc1-n1cnnn1. The lowest BCUT2D eigenvalue weighted by molar-refractivity contribution is 0.0752. The summed E-state index contributed by atoms with van der Waals surface area (Å²) in [7, 11) is 0. The van der Waals surface area contributed by atoms with Gasteiger partial charge in [-0.25, -0.2) is 0 Å². The number of carbonyl (C=O) groups is 1. The molecule has 0 bridgehead atoms. The van der Waals surface area contributed by atoms with Gasteiger partial charge < -0.3 is 14.4 Å². The van der Waals surface area contributed by atoms with Gasteiger partial charge in [-0.05, 0) is 53.2 Å². The molecule has 0 aliphatic carbocycles. The third-order valence-electron chi connectivity index (χ3n) is 4.26. The Morgan fingerprint density at radius 3 is 2.85 bits per heavy atom. The van der Waals surface area contributed by atoms with Crippen LogP contribution in [-0.4, -0.2) is 44.4 Å². The zero-order chi connectivity index (χ0) is 18.8. The molecule has 0 saturated carbocycles. The molecule has 2 aromatic carbocycles. The number of benzene rings is 2. The van der Waals surface area contributed by atoms with E-state index < -0.39 is 0 Å². The van der Waals surface area contributed by atoms with Crippen molar-refractivity contribution in [3.05, 3.63) is 58.9 Å². The average Bonchev–Trinajstić information content (AvgIpc) is 3.36. The summed E-state index contributed by atoms with van der Waals surface area (Å²) in [6.45, 7) is 3.08. The van der Waals surface area contributed by atoms with Crippen LogP contribution in [0.25, 0.3) is 5.69 Å². The Kier molecular flexibility index (Phi) is 4.64. The minimum atomic E-state index is -0.164. The number of amides is 1. The minimum absolute atomic E-state index is 0.164. The molecule has 0 fully saturated rings. The first-order chi connectivity index (χ1) is 13.2. The highest BCUT2D eigenvalue weighted by Crippen LogP contribution is 2.33. The number of ether oxygens (including phenoxy) is 2. The van der Waals surface area contributed by atoms with Crippen molar-refractivity contribution in [2.24, 2.45) is 0 Å². The molecule has 0 radical (unpaired) electrons. The van der Waals surface area contributed by atoms with Crippen LogP contribution in [0.4, 0.5) is 0 Å². The molecule has 138 valence electrons. The Bertz CT molecular complexity index is 977. The highest BCUT2D eigenvalue weighted by atomic mass is 35.5. The smallest absolute Gasteiger partial charge is 0.256 e. The largest absolute Gasteiger partial charge is 0.454 e. The fraction of sp³-hybridized carbons (Fsp3) is 0.222. The molecule has 1 aliphatic rings. The number of carbonyl (C=O) groups excluding carboxylic acids is 1. The topological polar surface area (TPSA) is 82.4 Å². The second-order valence-corrected chi connectivity index (χ2v) is 6.36. The minimum Gasteiger partial charge on any atom is -0.454 e. The third-order valence-corrected chi connectivity index (χ3v) is 4.50. The van der Waals surface area contributed by atoms with E-state index in [0.717, 1.165) is 5.56 Å². The van der Waals surface area contributed by atoms with E-state index in [0.29, 0.717) is 40.9 Å². The molecule has 1 aliphatic heterocycles. The molecule has 1 amide bonds. The average molecular weight is 386 g/mol. The lowest BCUT2D eigenvalue weighted by Gasteiger charge is -2.22. The van der Waals surface area contributed by atoms with Gasteiger partial charge in [-0.3, -0.25) is 4.79 Å². The summed E-state index contributed by atoms with van der Waals surface area (Å²) in [6, 6.07) is 10.7. The molecule has 0 unspecified atom stereocenters. The molecule has 27 heavy (non-hydrogen) atoms. The normalized spacial score (nSPS) is 12.2. The van der Waals surface area contributed by atoms with Gasteiger partial charge in [-0.15, -0.1) is 5.10 Å². The summed E-state index contributed by atoms with van der Waals surface area (Å²) in [5.74, 6) is 1.24. The van der Waals surface area contributed by atoms with Crippen LogP contribution in [0.5, 0.6) is 11.5 Å². The van der Waals surface area contributed by atoms with E-state index >= 15 is 0 Å². The first-order valence-electron chi connectivity index (χ1n) is 8.36. The van der Waals surface area contributed by atoms with Crippen molar-refractivity contribution in [2.45, 2.75) is 13.5 Å². The third kappa shape index (κ3) is 3.43. The number of halogens is 1. The predicted octanol–water partition coefficient (Wildman–Crippen LogP) is 2.71. The molecular formula is C18H16ClN5O3. The molecule has 0 N–H and O–H groups in total. The van der Waals surface area contributed by atoms with Gasteiger partial charge in [0.2, 0.25) is 6.79 Å². The lowest BCUT2D eigenvalue weighted by Crippen LogP contribution is -2.31. The van der Waals surface area contributed by atoms with Crippen LogP contribution >= 0.6 is 11.6 Å². The van der Waals surface area contributed by atoms with Crippen molar-refractivity contribution in [1.82, 2.24) is 25.1 Å². The fourth-order valence-electron chi connectivity index (χ4n) is 2.91. The number of fused-ring (bicyclic) bond motifs is 1. The van der Waals surface area contributed by atoms with Gasteiger partial charge in [-0.1, -0.05) is 17.7 Å². The summed E-state index contributed by atoms with van der Waals surface area (Å²) in [6.07, 6.45) is 1.44. The molecule has 0 atom stereocenters. The van der Waals surface area contributed by atoms with Crippen LogP contribution < -0.4 is 9.47 Å². The molecule has 0 saturated heterocycles. The van der Waals surface area contributed by atoms with Gasteiger partial charge in [0.15, 0.2) is 11.5 Å². The predicted molar refractivity (Wildman–Crippen MR) is 97.1 cm³/mol. The van der Waals surface area contributed by atoms with Crippen molar-refractivity contribution in [1.29, 1.82) is 0 Å². The van der Waals surface area contributed by atoms with E-state index in [-0.39, 0.29) is 12.7 Å². The number of hydrogen-bond donors (Lipinski definition) is 0. The van der Waals surface area contributed by atoms with Gasteiger partial charge >= 0.3 is 0 Å². The lowest BCUT2D eigenvalue weighted by atomic mass is 10.1. The Hall–Kier alpha value is -3.13. The van der Waals surface area contributed by atoms with Crippen molar-refractivity contribution in [2.75, 3.05) is 13.3 Å². The van der Waals surface area contributed by atoms with Crippen molar-refractivity contribution >= 4 is 17.5 Å². The van der Waals surface area contributed by atoms with E-state index in [9.17, 15) is 4.79 Å². The van der Waals surface area contributed by atoms with E-state index in [4.69, 9.17) is 21.1 Å². The molecule has 9 heteroatoms. The van der Waals surface area contributed by atoms with Crippen LogP contribution in [0.1, 0.15) is 22.8 Å². The quantitative estimate of drug-likeness (QED) is 0.671. The van der Waals surface area contributed by atoms with Gasteiger partial charge in [0.05, 0.1) is 11.3 Å². The Balaban J connectivity index is 1.63. The molecule has 1 aromatic heterocycles. The summed E-state index contributed by atoms with van der Waals surface area (Å²) in [4.78, 5) is 14.9. The monoisotopic (exact) mass is 385 g/mol. The number of nitrogens with zero attached hydrogens (tertiary/aromatic N) is 5. The van der Waals surface area contributed by atoms with Crippen LogP contribution in [-0.2, 0) is 6.54 Å². The number of hydrogen-bond acceptors (Lipinski definition) is 6. The van der Waals surface area contributed by atoms with E-state index in [2.05, 4.69) is 15.5 Å². The summed E-state index contributed by atoms with van der Waals surface area (Å²) < 4.78 is 12.2. The molecular weight excluding hydrogens is 370 g/mol. The Morgan fingerprint density at radius 2 is 2.07 bits per heavy atom. The zero-order valence-electron chi connectivity index (χ0n) is 14.5. The van der Waals surface area contributed by atoms with Gasteiger partial charge in [-0.2, -0.15) is 4.68 Å². The summed E-state index contributed by atoms with van der Waals surface area (Å²) in [5, 5.41) is 11.6. The second-order valence-electron chi connectivity index (χ2n) is 5.92. The molecule has 0 spiro atoms. The summed E-state index contributed by atoms with van der Waals surface area (Å²) >= 11 is 6.13. The van der Waals surface area contributed by atoms with Gasteiger partial charge in [0.1, 0.15) is 6.33 Å². The van der Waals surface area contributed by atoms with Crippen LogP contribution in [0.2, 0.25) is 5.02 Å². The first-order valence-corrected chi connectivity index (χ1v) is 8.74. The highest BCUT2D eigenvalue weighted by molar-refractivity contribution is 6.31. The second kappa shape index (κ2) is 7.24. The maximum absolute atomic E-state index is 13.2. The number of rotatable bonds is 5. The van der Waals surface area contributed by atoms with Crippen LogP contribution in [0.3, 0.4) is 0 Å². The van der Waals surface area contributed by atoms with E-state index in [1.165, 1.54) is 11.0 Å². The number of aromatic nitrogens is 4. The molecule has 8 nitrogen and oxygen atoms in total. The Labute approximate surface area is 160 Å². The molecule has 3 aromatic rings. The van der Waals surface area contributed by atoms with Crippen LogP contribution in [0.15, 0.2) is 42.7 Å². The fourth-order valence-corrected chi connectivity index (χ4v) is 3.08. The molecule has 4 rings (SSSR count). The number of tetrazole rings is 1. The first kappa shape index (κ1) is 17.3. The van der Waals surface area contributed by atoms with Crippen molar-refractivity contribution in [3.63, 3.8) is 0 Å². The summed E-state index contributed by atoms with van der Waals surface area (Å²) in [5.41, 5.74) is 1.94. The maximum atomic E-state index is 13.2. The molecule has 2 heterocycles. The van der Waals surface area contributed by atoms with Crippen LogP contribution in [0, 0.1) is 0 Å². The van der Waals surface area contributed by atoms with E-state index in [1.807, 2.05) is 25.1 Å². The van der Waals surface area contributed by atoms with Gasteiger partial charge in [0, 0.05) is 18.1 Å². The standard InChI is InChI=1S/C18H16ClN5O3/c1-2-23(9-12-3-6-16-17(7-12)27-11-26-16)18(25)14-8-13(19)4-5-15(14)24-10-20-21-22-24/h3-8,10H,2,9,11H2,1H3. The van der Waals surface area contributed by atoms with Crippen molar-refractivity contribution < 1.29 is 14.3 Å². The zero-order valence-corrected chi connectivity index (χ0v) is 15.3. The van der Waals surface area contributed by atoms with Gasteiger partial charge in [0.25, 0.3) is 5.91 Å². The van der Waals surface area contributed by atoms with E-state index in [1.54, 1.807) is 23.1 Å². The maximum Gasteiger partial charge on any atom is 0.256 e.